The zero-order valence-corrected chi connectivity index (χ0v) is 20.3. The Morgan fingerprint density at radius 2 is 1.47 bits per heavy atom. The van der Waals surface area contributed by atoms with Crippen LogP contribution in [-0.2, 0) is 11.3 Å². The highest BCUT2D eigenvalue weighted by atomic mass is 35.5. The molecule has 4 aromatic rings. The molecule has 0 saturated heterocycles. The van der Waals surface area contributed by atoms with E-state index < -0.39 is 0 Å². The molecule has 0 radical (unpaired) electrons. The summed E-state index contributed by atoms with van der Waals surface area (Å²) in [5, 5.41) is 3.96. The molecule has 0 bridgehead atoms. The lowest BCUT2D eigenvalue weighted by Crippen LogP contribution is -2.30. The minimum absolute atomic E-state index is 0.106. The second-order valence-electron chi connectivity index (χ2n) is 7.78. The lowest BCUT2D eigenvalue weighted by molar-refractivity contribution is -0.119. The molecule has 1 aromatic heterocycles. The van der Waals surface area contributed by atoms with Crippen molar-refractivity contribution in [3.8, 4) is 0 Å². The zero-order valence-electron chi connectivity index (χ0n) is 18.8. The third kappa shape index (κ3) is 6.59. The minimum Gasteiger partial charge on any atom is -0.355 e. The molecule has 0 aliphatic carbocycles. The van der Waals surface area contributed by atoms with Crippen LogP contribution >= 0.6 is 23.4 Å². The lowest BCUT2D eigenvalue weighted by atomic mass is 9.99. The van der Waals surface area contributed by atoms with Gasteiger partial charge in [-0.3, -0.25) is 4.79 Å². The number of nitrogens with one attached hydrogen (secondary N) is 1. The zero-order chi connectivity index (χ0) is 23.8. The monoisotopic (exact) mass is 488 g/mol. The van der Waals surface area contributed by atoms with Gasteiger partial charge in [-0.25, -0.2) is 9.97 Å². The van der Waals surface area contributed by atoms with Crippen LogP contribution in [0.5, 0.6) is 0 Å². The molecular formula is C27H25ClN4OS. The van der Waals surface area contributed by atoms with Gasteiger partial charge in [0.2, 0.25) is 5.91 Å². The molecule has 0 fully saturated rings. The number of aromatic nitrogens is 2. The third-order valence-electron chi connectivity index (χ3n) is 5.22. The van der Waals surface area contributed by atoms with E-state index in [0.29, 0.717) is 22.7 Å². The van der Waals surface area contributed by atoms with Gasteiger partial charge < -0.3 is 10.2 Å². The van der Waals surface area contributed by atoms with Gasteiger partial charge in [0.05, 0.1) is 11.8 Å². The van der Waals surface area contributed by atoms with E-state index in [-0.39, 0.29) is 17.7 Å². The van der Waals surface area contributed by atoms with Crippen LogP contribution in [0.3, 0.4) is 0 Å². The van der Waals surface area contributed by atoms with Crippen molar-refractivity contribution in [1.29, 1.82) is 0 Å². The molecule has 0 aliphatic rings. The number of anilines is 1. The summed E-state index contributed by atoms with van der Waals surface area (Å²) in [5.41, 5.74) is 3.22. The quantitative estimate of drug-likeness (QED) is 0.184. The average Bonchev–Trinajstić information content (AvgIpc) is 2.87. The summed E-state index contributed by atoms with van der Waals surface area (Å²) in [6.07, 6.45) is 0. The van der Waals surface area contributed by atoms with Gasteiger partial charge in [0.1, 0.15) is 11.0 Å². The molecule has 7 heteroatoms. The van der Waals surface area contributed by atoms with E-state index in [4.69, 9.17) is 11.6 Å². The number of halogens is 1. The highest BCUT2D eigenvalue weighted by molar-refractivity contribution is 7.99. The molecule has 1 heterocycles. The van der Waals surface area contributed by atoms with Crippen molar-refractivity contribution in [2.75, 3.05) is 17.7 Å². The Bertz CT molecular complexity index is 1170. The molecule has 0 saturated carbocycles. The molecule has 172 valence electrons. The van der Waals surface area contributed by atoms with Crippen LogP contribution in [0.4, 0.5) is 5.82 Å². The Morgan fingerprint density at radius 1 is 0.912 bits per heavy atom. The van der Waals surface area contributed by atoms with Gasteiger partial charge in [0, 0.05) is 19.7 Å². The van der Waals surface area contributed by atoms with Gasteiger partial charge in [-0.15, -0.1) is 0 Å². The molecule has 1 amide bonds. The molecule has 0 spiro atoms. The van der Waals surface area contributed by atoms with Crippen molar-refractivity contribution < 1.29 is 4.79 Å². The molecule has 5 nitrogen and oxygen atoms in total. The molecule has 34 heavy (non-hydrogen) atoms. The predicted molar refractivity (Wildman–Crippen MR) is 139 cm³/mol. The van der Waals surface area contributed by atoms with E-state index in [2.05, 4.69) is 27.4 Å². The first-order valence-corrected chi connectivity index (χ1v) is 12.3. The summed E-state index contributed by atoms with van der Waals surface area (Å²) in [4.78, 5) is 23.8. The largest absolute Gasteiger partial charge is 0.355 e. The highest BCUT2D eigenvalue weighted by Crippen LogP contribution is 2.24. The maximum Gasteiger partial charge on any atom is 0.231 e. The van der Waals surface area contributed by atoms with Crippen molar-refractivity contribution in [2.45, 2.75) is 17.7 Å². The van der Waals surface area contributed by atoms with E-state index in [1.54, 1.807) is 6.07 Å². The van der Waals surface area contributed by atoms with E-state index in [0.717, 1.165) is 11.1 Å². The summed E-state index contributed by atoms with van der Waals surface area (Å²) in [6, 6.07) is 31.5. The number of carbonyl (C=O) groups excluding carboxylic acids is 1. The van der Waals surface area contributed by atoms with Gasteiger partial charge in [0.25, 0.3) is 0 Å². The number of thioether (sulfide) groups is 1. The smallest absolute Gasteiger partial charge is 0.231 e. The van der Waals surface area contributed by atoms with Crippen molar-refractivity contribution >= 4 is 35.1 Å². The Kier molecular flexibility index (Phi) is 8.17. The number of hydrogen-bond donors (Lipinski definition) is 1. The van der Waals surface area contributed by atoms with Gasteiger partial charge in [0.15, 0.2) is 5.16 Å². The van der Waals surface area contributed by atoms with Crippen molar-refractivity contribution in [1.82, 2.24) is 15.3 Å². The summed E-state index contributed by atoms with van der Waals surface area (Å²) >= 11 is 7.53. The molecule has 3 aromatic carbocycles. The maximum absolute atomic E-state index is 12.9. The van der Waals surface area contributed by atoms with Gasteiger partial charge in [-0.05, 0) is 16.7 Å². The Labute approximate surface area is 209 Å². The van der Waals surface area contributed by atoms with Crippen molar-refractivity contribution in [2.24, 2.45) is 0 Å². The molecule has 0 atom stereocenters. The van der Waals surface area contributed by atoms with E-state index in [9.17, 15) is 4.79 Å². The van der Waals surface area contributed by atoms with Crippen LogP contribution in [0, 0.1) is 0 Å². The maximum atomic E-state index is 12.9. The van der Waals surface area contributed by atoms with Crippen LogP contribution in [-0.4, -0.2) is 28.7 Å². The van der Waals surface area contributed by atoms with Gasteiger partial charge in [-0.2, -0.15) is 0 Å². The van der Waals surface area contributed by atoms with Crippen LogP contribution in [0.25, 0.3) is 0 Å². The number of rotatable bonds is 9. The average molecular weight is 489 g/mol. The first kappa shape index (κ1) is 23.8. The summed E-state index contributed by atoms with van der Waals surface area (Å²) in [7, 11) is 1.96. The lowest BCUT2D eigenvalue weighted by Gasteiger charge is -2.20. The van der Waals surface area contributed by atoms with Gasteiger partial charge in [-0.1, -0.05) is 114 Å². The number of hydrogen-bond acceptors (Lipinski definition) is 5. The fourth-order valence-corrected chi connectivity index (χ4v) is 4.46. The van der Waals surface area contributed by atoms with Crippen LogP contribution < -0.4 is 10.2 Å². The number of amides is 1. The fourth-order valence-electron chi connectivity index (χ4n) is 3.57. The Balaban J connectivity index is 1.43. The van der Waals surface area contributed by atoms with Crippen molar-refractivity contribution in [3.05, 3.63) is 119 Å². The van der Waals surface area contributed by atoms with E-state index in [1.165, 1.54) is 17.3 Å². The first-order chi connectivity index (χ1) is 16.6. The second kappa shape index (κ2) is 11.7. The topological polar surface area (TPSA) is 58.1 Å². The van der Waals surface area contributed by atoms with Crippen LogP contribution in [0.15, 0.2) is 102 Å². The number of nitrogens with zero attached hydrogens (tertiary/aromatic N) is 3. The summed E-state index contributed by atoms with van der Waals surface area (Å²) in [6.45, 7) is 0.689. The first-order valence-electron chi connectivity index (χ1n) is 10.9. The van der Waals surface area contributed by atoms with E-state index >= 15 is 0 Å². The van der Waals surface area contributed by atoms with E-state index in [1.807, 2.05) is 90.8 Å². The molecule has 4 rings (SSSR count). The molecule has 0 aliphatic heterocycles. The molecule has 1 N–H and O–H groups in total. The minimum atomic E-state index is -0.233. The third-order valence-corrected chi connectivity index (χ3v) is 6.26. The predicted octanol–water partition coefficient (Wildman–Crippen LogP) is 5.76. The SMILES string of the molecule is CN(Cc1ccccc1)c1cc(Cl)nc(SCC(=O)NC(c2ccccc2)c2ccccc2)n1. The summed E-state index contributed by atoms with van der Waals surface area (Å²) in [5.74, 6) is 0.780. The number of carbonyl (C=O) groups is 1. The molecular weight excluding hydrogens is 464 g/mol. The highest BCUT2D eigenvalue weighted by Gasteiger charge is 2.17. The Hall–Kier alpha value is -3.35. The standard InChI is InChI=1S/C27H25ClN4OS/c1-32(18-20-11-5-2-6-12-20)24-17-23(28)29-27(30-24)34-19-25(33)31-26(21-13-7-3-8-14-21)22-15-9-4-10-16-22/h2-17,26H,18-19H2,1H3,(H,31,33). The molecule has 0 unspecified atom stereocenters. The number of benzene rings is 3. The van der Waals surface area contributed by atoms with Crippen LogP contribution in [0.2, 0.25) is 5.15 Å². The van der Waals surface area contributed by atoms with Crippen LogP contribution in [0.1, 0.15) is 22.7 Å². The fraction of sp³-hybridized carbons (Fsp3) is 0.148. The second-order valence-corrected chi connectivity index (χ2v) is 9.11. The van der Waals surface area contributed by atoms with Gasteiger partial charge >= 0.3 is 0 Å². The Morgan fingerprint density at radius 3 is 2.06 bits per heavy atom. The summed E-state index contributed by atoms with van der Waals surface area (Å²) < 4.78 is 0. The van der Waals surface area contributed by atoms with Crippen molar-refractivity contribution in [3.63, 3.8) is 0 Å². The normalized spacial score (nSPS) is 10.8.